The molecule has 0 aliphatic carbocycles. The Morgan fingerprint density at radius 2 is 2.00 bits per heavy atom. The fourth-order valence-corrected chi connectivity index (χ4v) is 4.04. The van der Waals surface area contributed by atoms with Crippen LogP contribution in [0.2, 0.25) is 5.02 Å². The highest BCUT2D eigenvalue weighted by Crippen LogP contribution is 2.28. The molecule has 9 heteroatoms. The van der Waals surface area contributed by atoms with E-state index in [1.165, 1.54) is 6.42 Å². The number of benzene rings is 1. The van der Waals surface area contributed by atoms with Crippen LogP contribution in [0.15, 0.2) is 35.3 Å². The molecule has 2 aliphatic heterocycles. The zero-order valence-corrected chi connectivity index (χ0v) is 18.1. The van der Waals surface area contributed by atoms with Crippen LogP contribution in [0.25, 0.3) is 10.9 Å². The number of ether oxygens (including phenoxy) is 2. The predicted octanol–water partition coefficient (Wildman–Crippen LogP) is 3.49. The van der Waals surface area contributed by atoms with Gasteiger partial charge in [-0.05, 0) is 43.5 Å². The average Bonchev–Trinajstić information content (AvgIpc) is 2.76. The number of nitrogens with one attached hydrogen (secondary N) is 1. The first-order valence-corrected chi connectivity index (χ1v) is 10.9. The number of piperidine rings is 1. The van der Waals surface area contributed by atoms with Gasteiger partial charge >= 0.3 is 0 Å². The fourth-order valence-electron chi connectivity index (χ4n) is 3.91. The molecular weight excluding hydrogens is 418 g/mol. The molecule has 0 spiro atoms. The molecule has 31 heavy (non-hydrogen) atoms. The van der Waals surface area contributed by atoms with E-state index in [-0.39, 0.29) is 11.7 Å². The van der Waals surface area contributed by atoms with Gasteiger partial charge in [-0.2, -0.15) is 4.98 Å². The minimum Gasteiger partial charge on any atom is -0.480 e. The van der Waals surface area contributed by atoms with Crippen LogP contribution in [0.4, 0.5) is 17.5 Å². The van der Waals surface area contributed by atoms with E-state index >= 15 is 0 Å². The quantitative estimate of drug-likeness (QED) is 0.649. The van der Waals surface area contributed by atoms with Crippen LogP contribution in [0.5, 0.6) is 5.75 Å². The number of fused-ring (bicyclic) bond motifs is 1. The molecule has 3 aromatic rings. The van der Waals surface area contributed by atoms with Crippen molar-refractivity contribution >= 4 is 40.0 Å². The van der Waals surface area contributed by atoms with E-state index in [1.807, 2.05) is 18.2 Å². The molecule has 0 bridgehead atoms. The third-order valence-corrected chi connectivity index (χ3v) is 6.00. The van der Waals surface area contributed by atoms with Gasteiger partial charge in [0.05, 0.1) is 24.9 Å². The van der Waals surface area contributed by atoms with Crippen LogP contribution < -0.4 is 20.5 Å². The number of hydrogen-bond acceptors (Lipinski definition) is 7. The lowest BCUT2D eigenvalue weighted by Gasteiger charge is -2.27. The van der Waals surface area contributed by atoms with Crippen molar-refractivity contribution in [3.8, 4) is 5.75 Å². The molecule has 4 heterocycles. The highest BCUT2D eigenvalue weighted by molar-refractivity contribution is 6.32. The van der Waals surface area contributed by atoms with Crippen molar-refractivity contribution in [2.75, 3.05) is 36.5 Å². The number of halogens is 1. The molecule has 0 unspecified atom stereocenters. The first kappa shape index (κ1) is 20.1. The van der Waals surface area contributed by atoms with E-state index in [0.29, 0.717) is 35.8 Å². The Kier molecular flexibility index (Phi) is 5.41. The number of anilines is 3. The van der Waals surface area contributed by atoms with E-state index in [4.69, 9.17) is 21.1 Å². The van der Waals surface area contributed by atoms with E-state index in [1.54, 1.807) is 23.9 Å². The molecule has 0 amide bonds. The van der Waals surface area contributed by atoms with E-state index in [9.17, 15) is 4.79 Å². The van der Waals surface area contributed by atoms with Crippen LogP contribution in [0.1, 0.15) is 19.3 Å². The van der Waals surface area contributed by atoms with E-state index in [2.05, 4.69) is 20.2 Å². The summed E-state index contributed by atoms with van der Waals surface area (Å²) in [5, 5.41) is 4.64. The molecule has 2 aliphatic rings. The Balaban J connectivity index is 1.45. The van der Waals surface area contributed by atoms with Crippen LogP contribution in [0, 0.1) is 0 Å². The molecule has 2 aromatic heterocycles. The normalized spacial score (nSPS) is 16.9. The van der Waals surface area contributed by atoms with E-state index < -0.39 is 0 Å². The highest BCUT2D eigenvalue weighted by atomic mass is 35.5. The van der Waals surface area contributed by atoms with Crippen molar-refractivity contribution in [2.45, 2.75) is 25.4 Å². The fraction of sp³-hybridized carbons (Fsp3) is 0.409. The van der Waals surface area contributed by atoms with Crippen molar-refractivity contribution in [2.24, 2.45) is 7.05 Å². The van der Waals surface area contributed by atoms with Crippen molar-refractivity contribution in [1.82, 2.24) is 14.5 Å². The summed E-state index contributed by atoms with van der Waals surface area (Å²) in [4.78, 5) is 23.9. The second-order valence-corrected chi connectivity index (χ2v) is 8.37. The lowest BCUT2D eigenvalue weighted by Crippen LogP contribution is -2.40. The molecule has 2 fully saturated rings. The summed E-state index contributed by atoms with van der Waals surface area (Å²) in [6.07, 6.45) is 5.11. The van der Waals surface area contributed by atoms with Gasteiger partial charge in [0.15, 0.2) is 11.6 Å². The number of rotatable bonds is 5. The summed E-state index contributed by atoms with van der Waals surface area (Å²) in [6, 6.07) is 7.54. The largest absolute Gasteiger partial charge is 0.480 e. The van der Waals surface area contributed by atoms with Crippen LogP contribution in [0.3, 0.4) is 0 Å². The molecule has 5 rings (SSSR count). The first-order valence-electron chi connectivity index (χ1n) is 10.5. The number of aromatic nitrogens is 3. The monoisotopic (exact) mass is 441 g/mol. The topological polar surface area (TPSA) is 81.5 Å². The summed E-state index contributed by atoms with van der Waals surface area (Å²) in [7, 11) is 1.74. The van der Waals surface area contributed by atoms with Gasteiger partial charge in [-0.15, -0.1) is 0 Å². The highest BCUT2D eigenvalue weighted by Gasteiger charge is 2.22. The van der Waals surface area contributed by atoms with Gasteiger partial charge in [0.25, 0.3) is 5.56 Å². The Bertz CT molecular complexity index is 1170. The third kappa shape index (κ3) is 4.05. The van der Waals surface area contributed by atoms with Gasteiger partial charge in [-0.3, -0.25) is 4.79 Å². The number of hydrogen-bond donors (Lipinski definition) is 1. The average molecular weight is 442 g/mol. The number of aryl methyl sites for hydroxylation is 1. The second-order valence-electron chi connectivity index (χ2n) is 7.96. The Hall–Kier alpha value is -2.84. The summed E-state index contributed by atoms with van der Waals surface area (Å²) in [6.45, 7) is 2.93. The molecule has 1 N–H and O–H groups in total. The zero-order valence-electron chi connectivity index (χ0n) is 17.3. The maximum absolute atomic E-state index is 12.6. The lowest BCUT2D eigenvalue weighted by molar-refractivity contribution is -0.0802. The molecule has 0 radical (unpaired) electrons. The standard InChI is InChI=1S/C22H24ClN5O3/c1-27-18-6-5-15(9-14(18)10-19(21(27)29)31-16-12-30-13-16)25-20-17(23)11-24-22(26-20)28-7-3-2-4-8-28/h5-6,9-11,16H,2-4,7-8,12-13H2,1H3,(H,24,25,26). The third-order valence-electron chi connectivity index (χ3n) is 5.73. The van der Waals surface area contributed by atoms with Crippen molar-refractivity contribution in [1.29, 1.82) is 0 Å². The van der Waals surface area contributed by atoms with Gasteiger partial charge in [-0.25, -0.2) is 4.98 Å². The Morgan fingerprint density at radius 3 is 2.74 bits per heavy atom. The van der Waals surface area contributed by atoms with Crippen molar-refractivity contribution < 1.29 is 9.47 Å². The maximum atomic E-state index is 12.6. The van der Waals surface area contributed by atoms with Gasteiger partial charge in [0.1, 0.15) is 11.1 Å². The second kappa shape index (κ2) is 8.36. The predicted molar refractivity (Wildman–Crippen MR) is 121 cm³/mol. The van der Waals surface area contributed by atoms with Gasteiger partial charge in [0.2, 0.25) is 5.95 Å². The molecule has 0 atom stereocenters. The van der Waals surface area contributed by atoms with Crippen molar-refractivity contribution in [3.05, 3.63) is 45.8 Å². The summed E-state index contributed by atoms with van der Waals surface area (Å²) >= 11 is 6.37. The minimum absolute atomic E-state index is 0.0699. The molecule has 162 valence electrons. The lowest BCUT2D eigenvalue weighted by atomic mass is 10.1. The zero-order chi connectivity index (χ0) is 21.4. The smallest absolute Gasteiger partial charge is 0.293 e. The van der Waals surface area contributed by atoms with Gasteiger partial charge in [-0.1, -0.05) is 11.6 Å². The summed E-state index contributed by atoms with van der Waals surface area (Å²) < 4.78 is 12.5. The molecule has 8 nitrogen and oxygen atoms in total. The summed E-state index contributed by atoms with van der Waals surface area (Å²) in [5.74, 6) is 1.57. The number of nitrogens with zero attached hydrogens (tertiary/aromatic N) is 4. The maximum Gasteiger partial charge on any atom is 0.293 e. The van der Waals surface area contributed by atoms with Crippen LogP contribution in [-0.4, -0.2) is 46.9 Å². The van der Waals surface area contributed by atoms with E-state index in [0.717, 1.165) is 42.5 Å². The first-order chi connectivity index (χ1) is 15.1. The van der Waals surface area contributed by atoms with Crippen LogP contribution in [-0.2, 0) is 11.8 Å². The molecule has 1 aromatic carbocycles. The molecule has 0 saturated carbocycles. The molecular formula is C22H24ClN5O3. The molecule has 2 saturated heterocycles. The Morgan fingerprint density at radius 1 is 1.19 bits per heavy atom. The Labute approximate surface area is 184 Å². The van der Waals surface area contributed by atoms with Gasteiger partial charge < -0.3 is 24.3 Å². The number of pyridine rings is 1. The summed E-state index contributed by atoms with van der Waals surface area (Å²) in [5.41, 5.74) is 1.47. The van der Waals surface area contributed by atoms with Crippen LogP contribution >= 0.6 is 11.6 Å². The van der Waals surface area contributed by atoms with Gasteiger partial charge in [0, 0.05) is 31.2 Å². The minimum atomic E-state index is -0.162. The SMILES string of the molecule is Cn1c(=O)c(OC2COC2)cc2cc(Nc3nc(N4CCCCC4)ncc3Cl)ccc21. The van der Waals surface area contributed by atoms with Crippen molar-refractivity contribution in [3.63, 3.8) is 0 Å².